The Labute approximate surface area is 179 Å². The maximum Gasteiger partial charge on any atom is 0.270 e. The molecule has 0 spiro atoms. The number of carbonyl (C=O) groups excluding carboxylic acids is 3. The second-order valence-corrected chi connectivity index (χ2v) is 8.68. The van der Waals surface area contributed by atoms with Crippen LogP contribution in [0.25, 0.3) is 0 Å². The molecule has 0 radical (unpaired) electrons. The molecule has 3 aromatic carbocycles. The molecule has 2 bridgehead atoms. The van der Waals surface area contributed by atoms with Gasteiger partial charge in [0.05, 0.1) is 11.8 Å². The molecule has 0 saturated carbocycles. The third-order valence-corrected chi connectivity index (χ3v) is 7.29. The van der Waals surface area contributed by atoms with Gasteiger partial charge < -0.3 is 0 Å². The van der Waals surface area contributed by atoms with Crippen molar-refractivity contribution in [1.29, 1.82) is 0 Å². The van der Waals surface area contributed by atoms with Crippen molar-refractivity contribution in [3.8, 4) is 0 Å². The SMILES string of the molecule is CC12c3ccccc3C(c3ccccc31)[C@@H]1C(=O)N(NC(=O)c3ccccc3)C(=O)[C@@H]12. The predicted molar refractivity (Wildman–Crippen MR) is 114 cm³/mol. The van der Waals surface area contributed by atoms with Crippen LogP contribution in [-0.4, -0.2) is 22.7 Å². The second-order valence-electron chi connectivity index (χ2n) is 8.68. The van der Waals surface area contributed by atoms with Crippen LogP contribution in [0.2, 0.25) is 0 Å². The molecule has 5 nitrogen and oxygen atoms in total. The molecular weight excluding hydrogens is 388 g/mol. The molecule has 3 aromatic rings. The van der Waals surface area contributed by atoms with Crippen LogP contribution in [0.5, 0.6) is 0 Å². The molecule has 31 heavy (non-hydrogen) atoms. The minimum Gasteiger partial charge on any atom is -0.272 e. The number of imide groups is 1. The summed E-state index contributed by atoms with van der Waals surface area (Å²) in [5.74, 6) is -2.41. The smallest absolute Gasteiger partial charge is 0.270 e. The summed E-state index contributed by atoms with van der Waals surface area (Å²) in [4.78, 5) is 39.9. The van der Waals surface area contributed by atoms with Crippen LogP contribution in [0.3, 0.4) is 0 Å². The number of hydrogen-bond acceptors (Lipinski definition) is 3. The summed E-state index contributed by atoms with van der Waals surface area (Å²) in [5.41, 5.74) is 6.74. The van der Waals surface area contributed by atoms with Crippen LogP contribution in [-0.2, 0) is 15.0 Å². The Morgan fingerprint density at radius 3 is 1.97 bits per heavy atom. The van der Waals surface area contributed by atoms with E-state index >= 15 is 0 Å². The lowest BCUT2D eigenvalue weighted by Gasteiger charge is -2.52. The first kappa shape index (κ1) is 18.1. The highest BCUT2D eigenvalue weighted by Gasteiger charge is 2.66. The zero-order valence-corrected chi connectivity index (χ0v) is 16.9. The summed E-state index contributed by atoms with van der Waals surface area (Å²) in [6.07, 6.45) is 0. The molecule has 1 N–H and O–H groups in total. The van der Waals surface area contributed by atoms with Crippen LogP contribution in [0.1, 0.15) is 45.5 Å². The van der Waals surface area contributed by atoms with Crippen LogP contribution < -0.4 is 5.43 Å². The van der Waals surface area contributed by atoms with Crippen molar-refractivity contribution in [2.24, 2.45) is 11.8 Å². The van der Waals surface area contributed by atoms with Crippen molar-refractivity contribution >= 4 is 17.7 Å². The molecule has 1 heterocycles. The fraction of sp³-hybridized carbons (Fsp3) is 0.192. The first-order chi connectivity index (χ1) is 15.0. The van der Waals surface area contributed by atoms with Gasteiger partial charge in [-0.1, -0.05) is 73.7 Å². The number of benzene rings is 3. The quantitative estimate of drug-likeness (QED) is 0.661. The number of nitrogens with zero attached hydrogens (tertiary/aromatic N) is 1. The van der Waals surface area contributed by atoms with Gasteiger partial charge in [0.2, 0.25) is 0 Å². The minimum absolute atomic E-state index is 0.200. The zero-order chi connectivity index (χ0) is 21.3. The van der Waals surface area contributed by atoms with E-state index in [9.17, 15) is 14.4 Å². The molecule has 0 unspecified atom stereocenters. The highest BCUT2D eigenvalue weighted by atomic mass is 16.2. The van der Waals surface area contributed by atoms with Crippen molar-refractivity contribution in [3.05, 3.63) is 107 Å². The molecule has 4 aliphatic rings. The molecule has 3 aliphatic carbocycles. The standard InChI is InChI=1S/C26H20N2O3/c1-26-18-13-7-5-11-16(18)20(17-12-6-8-14-19(17)26)21-22(26)25(31)28(24(21)30)27-23(29)15-9-3-2-4-10-15/h2-14,20-22H,1H3,(H,27,29)/t20?,21-,22+,26?/m0/s1. The first-order valence-electron chi connectivity index (χ1n) is 10.5. The molecule has 0 aromatic heterocycles. The van der Waals surface area contributed by atoms with E-state index in [1.165, 1.54) is 0 Å². The monoisotopic (exact) mass is 408 g/mol. The molecular formula is C26H20N2O3. The predicted octanol–water partition coefficient (Wildman–Crippen LogP) is 3.40. The van der Waals surface area contributed by atoms with Crippen molar-refractivity contribution in [1.82, 2.24) is 10.4 Å². The number of hydrogen-bond donors (Lipinski definition) is 1. The topological polar surface area (TPSA) is 66.5 Å². The van der Waals surface area contributed by atoms with Crippen LogP contribution in [0.4, 0.5) is 0 Å². The molecule has 3 amide bonds. The number of carbonyl (C=O) groups is 3. The molecule has 7 rings (SSSR count). The van der Waals surface area contributed by atoms with E-state index in [0.717, 1.165) is 27.3 Å². The van der Waals surface area contributed by atoms with Crippen LogP contribution >= 0.6 is 0 Å². The maximum absolute atomic E-state index is 13.6. The summed E-state index contributed by atoms with van der Waals surface area (Å²) in [5, 5.41) is 0.966. The Bertz CT molecular complexity index is 1220. The highest BCUT2D eigenvalue weighted by Crippen LogP contribution is 2.63. The van der Waals surface area contributed by atoms with E-state index in [4.69, 9.17) is 0 Å². The third-order valence-electron chi connectivity index (χ3n) is 7.29. The van der Waals surface area contributed by atoms with Crippen molar-refractivity contribution in [2.45, 2.75) is 18.3 Å². The fourth-order valence-electron chi connectivity index (χ4n) is 6.02. The van der Waals surface area contributed by atoms with Crippen molar-refractivity contribution in [2.75, 3.05) is 0 Å². The van der Waals surface area contributed by atoms with E-state index in [1.54, 1.807) is 24.3 Å². The summed E-state index contributed by atoms with van der Waals surface area (Å²) < 4.78 is 0. The van der Waals surface area contributed by atoms with Crippen molar-refractivity contribution < 1.29 is 14.4 Å². The second kappa shape index (κ2) is 6.14. The van der Waals surface area contributed by atoms with E-state index in [1.807, 2.05) is 30.3 Å². The van der Waals surface area contributed by atoms with Crippen LogP contribution in [0, 0.1) is 11.8 Å². The van der Waals surface area contributed by atoms with Crippen LogP contribution in [0.15, 0.2) is 78.9 Å². The Balaban J connectivity index is 1.48. The average Bonchev–Trinajstić information content (AvgIpc) is 3.06. The highest BCUT2D eigenvalue weighted by molar-refractivity contribution is 6.10. The minimum atomic E-state index is -0.633. The normalized spacial score (nSPS) is 27.5. The van der Waals surface area contributed by atoms with Gasteiger partial charge in [0.15, 0.2) is 0 Å². The number of amides is 3. The summed E-state index contributed by atoms with van der Waals surface area (Å²) in [6.45, 7) is 2.06. The van der Waals surface area contributed by atoms with Gasteiger partial charge in [0.25, 0.3) is 17.7 Å². The Kier molecular flexibility index (Phi) is 3.58. The molecule has 1 aliphatic heterocycles. The third kappa shape index (κ3) is 2.18. The Morgan fingerprint density at radius 1 is 0.806 bits per heavy atom. The lowest BCUT2D eigenvalue weighted by Crippen LogP contribution is -2.52. The van der Waals surface area contributed by atoms with E-state index in [-0.39, 0.29) is 17.7 Å². The first-order valence-corrected chi connectivity index (χ1v) is 10.5. The van der Waals surface area contributed by atoms with Crippen molar-refractivity contribution in [3.63, 3.8) is 0 Å². The molecule has 1 saturated heterocycles. The van der Waals surface area contributed by atoms with Gasteiger partial charge >= 0.3 is 0 Å². The Morgan fingerprint density at radius 2 is 1.35 bits per heavy atom. The summed E-state index contributed by atoms with van der Waals surface area (Å²) >= 11 is 0. The number of rotatable bonds is 2. The molecule has 152 valence electrons. The van der Waals surface area contributed by atoms with Gasteiger partial charge in [-0.05, 0) is 34.4 Å². The van der Waals surface area contributed by atoms with Gasteiger partial charge in [0.1, 0.15) is 0 Å². The fourth-order valence-corrected chi connectivity index (χ4v) is 6.02. The Hall–Kier alpha value is -3.73. The molecule has 5 heteroatoms. The maximum atomic E-state index is 13.6. The van der Waals surface area contributed by atoms with Gasteiger partial charge in [-0.25, -0.2) is 0 Å². The lowest BCUT2D eigenvalue weighted by molar-refractivity contribution is -0.143. The zero-order valence-electron chi connectivity index (χ0n) is 16.9. The molecule has 1 fully saturated rings. The number of nitrogens with one attached hydrogen (secondary N) is 1. The van der Waals surface area contributed by atoms with E-state index in [2.05, 4.69) is 36.6 Å². The lowest BCUT2D eigenvalue weighted by atomic mass is 9.48. The largest absolute Gasteiger partial charge is 0.272 e. The number of hydrazine groups is 1. The average molecular weight is 408 g/mol. The molecule has 2 atom stereocenters. The summed E-state index contributed by atoms with van der Waals surface area (Å²) in [7, 11) is 0. The van der Waals surface area contributed by atoms with E-state index in [0.29, 0.717) is 5.56 Å². The van der Waals surface area contributed by atoms with E-state index < -0.39 is 23.2 Å². The van der Waals surface area contributed by atoms with Gasteiger partial charge in [-0.3, -0.25) is 19.8 Å². The summed E-state index contributed by atoms with van der Waals surface area (Å²) in [6, 6.07) is 24.8. The van der Waals surface area contributed by atoms with Gasteiger partial charge in [0, 0.05) is 16.9 Å². The van der Waals surface area contributed by atoms with Gasteiger partial charge in [-0.2, -0.15) is 5.01 Å². The van der Waals surface area contributed by atoms with Gasteiger partial charge in [-0.15, -0.1) is 0 Å².